The van der Waals surface area contributed by atoms with E-state index < -0.39 is 23.5 Å². The van der Waals surface area contributed by atoms with Gasteiger partial charge in [-0.1, -0.05) is 20.3 Å². The van der Waals surface area contributed by atoms with Gasteiger partial charge in [0.05, 0.1) is 14.2 Å². The lowest BCUT2D eigenvalue weighted by Gasteiger charge is -2.20. The van der Waals surface area contributed by atoms with Crippen LogP contribution in [0, 0.1) is 12.8 Å². The van der Waals surface area contributed by atoms with Crippen molar-refractivity contribution in [1.82, 2.24) is 5.32 Å². The molecule has 29 heavy (non-hydrogen) atoms. The molecule has 2 atom stereocenters. The summed E-state index contributed by atoms with van der Waals surface area (Å²) < 4.78 is 16.0. The van der Waals surface area contributed by atoms with Gasteiger partial charge in [0.15, 0.2) is 11.3 Å². The largest absolute Gasteiger partial charge is 0.493 e. The van der Waals surface area contributed by atoms with Crippen molar-refractivity contribution in [2.45, 2.75) is 46.1 Å². The van der Waals surface area contributed by atoms with Gasteiger partial charge in [-0.05, 0) is 37.0 Å². The van der Waals surface area contributed by atoms with Gasteiger partial charge < -0.3 is 24.3 Å². The summed E-state index contributed by atoms with van der Waals surface area (Å²) >= 11 is 0. The maximum absolute atomic E-state index is 12.5. The number of carbonyl (C=O) groups is 2. The van der Waals surface area contributed by atoms with E-state index in [2.05, 4.69) is 5.32 Å². The Labute approximate surface area is 168 Å². The number of rotatable bonds is 9. The highest BCUT2D eigenvalue weighted by Gasteiger charge is 2.25. The smallest absolute Gasteiger partial charge is 0.339 e. The summed E-state index contributed by atoms with van der Waals surface area (Å²) in [4.78, 5) is 36.2. The zero-order valence-electron chi connectivity index (χ0n) is 17.3. The minimum atomic E-state index is -1.07. The molecule has 1 heterocycles. The van der Waals surface area contributed by atoms with E-state index in [0.29, 0.717) is 34.4 Å². The number of methoxy groups -OCH3 is 2. The third-order valence-electron chi connectivity index (χ3n) is 5.20. The molecule has 0 unspecified atom stereocenters. The Morgan fingerprint density at radius 3 is 2.48 bits per heavy atom. The summed E-state index contributed by atoms with van der Waals surface area (Å²) in [7, 11) is 2.95. The number of carboxylic acid groups (broad SMARTS) is 1. The van der Waals surface area contributed by atoms with Crippen molar-refractivity contribution >= 4 is 22.8 Å². The number of benzene rings is 1. The fraction of sp³-hybridized carbons (Fsp3) is 0.476. The molecular weight excluding hydrogens is 378 g/mol. The number of hydrogen-bond donors (Lipinski definition) is 2. The van der Waals surface area contributed by atoms with Gasteiger partial charge in [-0.25, -0.2) is 9.59 Å². The van der Waals surface area contributed by atoms with Gasteiger partial charge >= 0.3 is 11.6 Å². The Morgan fingerprint density at radius 1 is 1.24 bits per heavy atom. The van der Waals surface area contributed by atoms with Crippen LogP contribution in [0.4, 0.5) is 0 Å². The second kappa shape index (κ2) is 9.45. The molecule has 0 aliphatic carbocycles. The molecule has 8 nitrogen and oxygen atoms in total. The van der Waals surface area contributed by atoms with Crippen molar-refractivity contribution in [3.63, 3.8) is 0 Å². The average molecular weight is 405 g/mol. The van der Waals surface area contributed by atoms with Crippen LogP contribution in [-0.4, -0.2) is 37.2 Å². The lowest BCUT2D eigenvalue weighted by molar-refractivity contribution is -0.143. The van der Waals surface area contributed by atoms with Crippen LogP contribution < -0.4 is 20.4 Å². The topological polar surface area (TPSA) is 115 Å². The van der Waals surface area contributed by atoms with Crippen LogP contribution in [0.2, 0.25) is 0 Å². The minimum Gasteiger partial charge on any atom is -0.493 e. The van der Waals surface area contributed by atoms with Crippen molar-refractivity contribution in [1.29, 1.82) is 0 Å². The maximum atomic E-state index is 12.5. The Balaban J connectivity index is 2.28. The van der Waals surface area contributed by atoms with Crippen LogP contribution >= 0.6 is 0 Å². The number of aliphatic carboxylic acids is 1. The van der Waals surface area contributed by atoms with Gasteiger partial charge in [-0.15, -0.1) is 0 Å². The monoisotopic (exact) mass is 405 g/mol. The Bertz CT molecular complexity index is 964. The van der Waals surface area contributed by atoms with Crippen molar-refractivity contribution in [3.05, 3.63) is 33.7 Å². The van der Waals surface area contributed by atoms with Crippen molar-refractivity contribution in [2.24, 2.45) is 5.92 Å². The Kier molecular flexibility index (Phi) is 7.25. The zero-order valence-corrected chi connectivity index (χ0v) is 17.3. The molecule has 2 N–H and O–H groups in total. The minimum absolute atomic E-state index is 0.0232. The lowest BCUT2D eigenvalue weighted by atomic mass is 9.98. The maximum Gasteiger partial charge on any atom is 0.339 e. The molecule has 1 aromatic heterocycles. The standard InChI is InChI=1S/C21H27NO7/c1-6-11(2)17(20(24)25)22-16(23)10-8-14-12(3)13-7-9-15(27-4)19(28-5)18(13)29-21(14)26/h7,9,11,17H,6,8,10H2,1-5H3,(H,22,23)(H,24,25)/t11-,17+/m0/s1. The number of hydrogen-bond acceptors (Lipinski definition) is 6. The Hall–Kier alpha value is -3.03. The van der Waals surface area contributed by atoms with E-state index in [0.717, 1.165) is 0 Å². The van der Waals surface area contributed by atoms with E-state index in [1.807, 2.05) is 6.92 Å². The first-order chi connectivity index (χ1) is 13.7. The van der Waals surface area contributed by atoms with Gasteiger partial charge in [0.2, 0.25) is 11.7 Å². The van der Waals surface area contributed by atoms with Gasteiger partial charge in [0, 0.05) is 17.4 Å². The summed E-state index contributed by atoms with van der Waals surface area (Å²) in [6.07, 6.45) is 0.734. The van der Waals surface area contributed by atoms with Crippen LogP contribution in [-0.2, 0) is 16.0 Å². The molecule has 0 bridgehead atoms. The van der Waals surface area contributed by atoms with Gasteiger partial charge in [-0.2, -0.15) is 0 Å². The molecule has 2 aromatic rings. The highest BCUT2D eigenvalue weighted by atomic mass is 16.5. The predicted molar refractivity (Wildman–Crippen MR) is 108 cm³/mol. The fourth-order valence-corrected chi connectivity index (χ4v) is 3.22. The summed E-state index contributed by atoms with van der Waals surface area (Å²) in [5, 5.41) is 12.5. The Morgan fingerprint density at radius 2 is 1.93 bits per heavy atom. The molecule has 1 aromatic carbocycles. The summed E-state index contributed by atoms with van der Waals surface area (Å²) in [6.45, 7) is 5.40. The second-order valence-electron chi connectivity index (χ2n) is 6.94. The number of ether oxygens (including phenoxy) is 2. The highest BCUT2D eigenvalue weighted by molar-refractivity contribution is 5.89. The van der Waals surface area contributed by atoms with Crippen LogP contribution in [0.5, 0.6) is 11.5 Å². The van der Waals surface area contributed by atoms with E-state index in [1.165, 1.54) is 14.2 Å². The molecule has 0 aliphatic heterocycles. The lowest BCUT2D eigenvalue weighted by Crippen LogP contribution is -2.45. The number of carboxylic acids is 1. The molecule has 1 amide bonds. The van der Waals surface area contributed by atoms with Crippen LogP contribution in [0.15, 0.2) is 21.3 Å². The molecule has 0 radical (unpaired) electrons. The molecule has 0 aliphatic rings. The number of nitrogens with one attached hydrogen (secondary N) is 1. The zero-order chi connectivity index (χ0) is 21.7. The van der Waals surface area contributed by atoms with E-state index >= 15 is 0 Å². The normalized spacial score (nSPS) is 13.0. The number of aryl methyl sites for hydroxylation is 1. The molecule has 0 saturated carbocycles. The number of amides is 1. The van der Waals surface area contributed by atoms with E-state index in [4.69, 9.17) is 13.9 Å². The molecule has 0 spiro atoms. The molecule has 2 rings (SSSR count). The first-order valence-electron chi connectivity index (χ1n) is 9.44. The highest BCUT2D eigenvalue weighted by Crippen LogP contribution is 2.36. The van der Waals surface area contributed by atoms with Gasteiger partial charge in [0.25, 0.3) is 0 Å². The molecule has 0 saturated heterocycles. The summed E-state index contributed by atoms with van der Waals surface area (Å²) in [5.74, 6) is -0.933. The van der Waals surface area contributed by atoms with E-state index in [9.17, 15) is 19.5 Å². The van der Waals surface area contributed by atoms with E-state index in [1.54, 1.807) is 26.0 Å². The first kappa shape index (κ1) is 22.3. The molecule has 8 heteroatoms. The average Bonchev–Trinajstić information content (AvgIpc) is 2.69. The van der Waals surface area contributed by atoms with Crippen LogP contribution in [0.3, 0.4) is 0 Å². The van der Waals surface area contributed by atoms with Crippen LogP contribution in [0.1, 0.15) is 37.8 Å². The molecular formula is C21H27NO7. The summed E-state index contributed by atoms with van der Waals surface area (Å²) in [6, 6.07) is 2.52. The van der Waals surface area contributed by atoms with Gasteiger partial charge in [0.1, 0.15) is 6.04 Å². The van der Waals surface area contributed by atoms with E-state index in [-0.39, 0.29) is 24.3 Å². The predicted octanol–water partition coefficient (Wildman–Crippen LogP) is 2.67. The first-order valence-corrected chi connectivity index (χ1v) is 9.44. The van der Waals surface area contributed by atoms with Crippen molar-refractivity contribution in [2.75, 3.05) is 14.2 Å². The number of fused-ring (bicyclic) bond motifs is 1. The molecule has 158 valence electrons. The SMILES string of the molecule is CC[C@H](C)[C@@H](NC(=O)CCc1c(C)c2ccc(OC)c(OC)c2oc1=O)C(=O)O. The second-order valence-corrected chi connectivity index (χ2v) is 6.94. The third kappa shape index (κ3) is 4.70. The van der Waals surface area contributed by atoms with Crippen molar-refractivity contribution < 1.29 is 28.6 Å². The number of carbonyl (C=O) groups excluding carboxylic acids is 1. The van der Waals surface area contributed by atoms with Gasteiger partial charge in [-0.3, -0.25) is 4.79 Å². The van der Waals surface area contributed by atoms with Crippen molar-refractivity contribution in [3.8, 4) is 11.5 Å². The van der Waals surface area contributed by atoms with Crippen LogP contribution in [0.25, 0.3) is 11.0 Å². The molecule has 0 fully saturated rings. The summed E-state index contributed by atoms with van der Waals surface area (Å²) in [5.41, 5.74) is 0.772. The quantitative estimate of drug-likeness (QED) is 0.616. The third-order valence-corrected chi connectivity index (χ3v) is 5.20. The fourth-order valence-electron chi connectivity index (χ4n) is 3.22.